The topological polar surface area (TPSA) is 56.3 Å². The molecule has 0 saturated carbocycles. The Bertz CT molecular complexity index is 671. The molecule has 5 nitrogen and oxygen atoms in total. The standard InChI is InChI=1S/C16H19N3O2/c1-4-17-15-10(2)11(3)18-16(19-15)12-5-6-13-14(9-12)21-8-7-20-13/h5-6,9H,4,7-8H2,1-3H3,(H,17,18,19). The number of hydrogen-bond donors (Lipinski definition) is 1. The van der Waals surface area contributed by atoms with Crippen LogP contribution in [-0.4, -0.2) is 29.7 Å². The van der Waals surface area contributed by atoms with Crippen molar-refractivity contribution < 1.29 is 9.47 Å². The van der Waals surface area contributed by atoms with Crippen molar-refractivity contribution in [2.45, 2.75) is 20.8 Å². The van der Waals surface area contributed by atoms with Gasteiger partial charge in [-0.3, -0.25) is 0 Å². The van der Waals surface area contributed by atoms with E-state index in [-0.39, 0.29) is 0 Å². The first kappa shape index (κ1) is 13.7. The summed E-state index contributed by atoms with van der Waals surface area (Å²) < 4.78 is 11.2. The lowest BCUT2D eigenvalue weighted by Crippen LogP contribution is -2.15. The highest BCUT2D eigenvalue weighted by atomic mass is 16.6. The van der Waals surface area contributed by atoms with Crippen LogP contribution >= 0.6 is 0 Å². The van der Waals surface area contributed by atoms with Gasteiger partial charge < -0.3 is 14.8 Å². The normalized spacial score (nSPS) is 13.1. The fraction of sp³-hybridized carbons (Fsp3) is 0.375. The maximum atomic E-state index is 5.62. The van der Waals surface area contributed by atoms with Gasteiger partial charge >= 0.3 is 0 Å². The van der Waals surface area contributed by atoms with E-state index in [1.807, 2.05) is 32.0 Å². The molecule has 3 rings (SSSR count). The molecule has 1 aromatic carbocycles. The molecule has 0 amide bonds. The van der Waals surface area contributed by atoms with Crippen molar-refractivity contribution in [3.8, 4) is 22.9 Å². The Kier molecular flexibility index (Phi) is 3.64. The van der Waals surface area contributed by atoms with E-state index in [1.54, 1.807) is 0 Å². The molecule has 0 spiro atoms. The van der Waals surface area contributed by atoms with Gasteiger partial charge in [0.15, 0.2) is 17.3 Å². The van der Waals surface area contributed by atoms with Crippen LogP contribution in [0.4, 0.5) is 5.82 Å². The number of nitrogens with one attached hydrogen (secondary N) is 1. The zero-order chi connectivity index (χ0) is 14.8. The van der Waals surface area contributed by atoms with Crippen LogP contribution in [0.15, 0.2) is 18.2 Å². The fourth-order valence-electron chi connectivity index (χ4n) is 2.28. The van der Waals surface area contributed by atoms with E-state index in [4.69, 9.17) is 9.47 Å². The summed E-state index contributed by atoms with van der Waals surface area (Å²) in [4.78, 5) is 9.21. The molecule has 0 atom stereocenters. The van der Waals surface area contributed by atoms with Gasteiger partial charge in [-0.25, -0.2) is 9.97 Å². The van der Waals surface area contributed by atoms with Gasteiger partial charge in [-0.2, -0.15) is 0 Å². The SMILES string of the molecule is CCNc1nc(-c2ccc3c(c2)OCCO3)nc(C)c1C. The molecule has 110 valence electrons. The summed E-state index contributed by atoms with van der Waals surface area (Å²) in [6.07, 6.45) is 0. The maximum Gasteiger partial charge on any atom is 0.162 e. The molecule has 0 bridgehead atoms. The second kappa shape index (κ2) is 5.60. The van der Waals surface area contributed by atoms with Gasteiger partial charge in [0.1, 0.15) is 19.0 Å². The van der Waals surface area contributed by atoms with Crippen molar-refractivity contribution in [3.63, 3.8) is 0 Å². The number of nitrogens with zero attached hydrogens (tertiary/aromatic N) is 2. The molecule has 2 aromatic rings. The summed E-state index contributed by atoms with van der Waals surface area (Å²) in [7, 11) is 0. The molecule has 0 fully saturated rings. The molecule has 1 aromatic heterocycles. The molecule has 1 aliphatic heterocycles. The summed E-state index contributed by atoms with van der Waals surface area (Å²) in [5.74, 6) is 3.12. The number of ether oxygens (including phenoxy) is 2. The zero-order valence-corrected chi connectivity index (χ0v) is 12.6. The molecule has 0 saturated heterocycles. The van der Waals surface area contributed by atoms with Gasteiger partial charge in [0.25, 0.3) is 0 Å². The van der Waals surface area contributed by atoms with Crippen LogP contribution < -0.4 is 14.8 Å². The molecule has 0 unspecified atom stereocenters. The molecule has 2 heterocycles. The summed E-state index contributed by atoms with van der Waals surface area (Å²) in [5, 5.41) is 3.28. The minimum Gasteiger partial charge on any atom is -0.486 e. The molecule has 1 aliphatic rings. The zero-order valence-electron chi connectivity index (χ0n) is 12.6. The van der Waals surface area contributed by atoms with Crippen molar-refractivity contribution in [1.29, 1.82) is 0 Å². The summed E-state index contributed by atoms with van der Waals surface area (Å²) >= 11 is 0. The van der Waals surface area contributed by atoms with Crippen molar-refractivity contribution in [3.05, 3.63) is 29.5 Å². The average Bonchev–Trinajstić information content (AvgIpc) is 2.51. The van der Waals surface area contributed by atoms with Crippen LogP contribution in [0.25, 0.3) is 11.4 Å². The monoisotopic (exact) mass is 285 g/mol. The van der Waals surface area contributed by atoms with E-state index in [0.717, 1.165) is 40.7 Å². The van der Waals surface area contributed by atoms with Crippen LogP contribution in [0.1, 0.15) is 18.2 Å². The predicted molar refractivity (Wildman–Crippen MR) is 82.1 cm³/mol. The molecule has 1 N–H and O–H groups in total. The molecule has 5 heteroatoms. The second-order valence-corrected chi connectivity index (χ2v) is 4.99. The van der Waals surface area contributed by atoms with E-state index in [9.17, 15) is 0 Å². The number of aromatic nitrogens is 2. The summed E-state index contributed by atoms with van der Waals surface area (Å²) in [5.41, 5.74) is 2.99. The maximum absolute atomic E-state index is 5.62. The summed E-state index contributed by atoms with van der Waals surface area (Å²) in [6.45, 7) is 8.09. The molecule has 0 aliphatic carbocycles. The lowest BCUT2D eigenvalue weighted by atomic mass is 10.1. The van der Waals surface area contributed by atoms with Gasteiger partial charge in [0.2, 0.25) is 0 Å². The van der Waals surface area contributed by atoms with Crippen LogP contribution in [-0.2, 0) is 0 Å². The van der Waals surface area contributed by atoms with Gasteiger partial charge in [0, 0.05) is 23.4 Å². The third-order valence-corrected chi connectivity index (χ3v) is 3.53. The first-order chi connectivity index (χ1) is 10.2. The Hall–Kier alpha value is -2.30. The Morgan fingerprint density at radius 3 is 2.62 bits per heavy atom. The lowest BCUT2D eigenvalue weighted by Gasteiger charge is -2.19. The van der Waals surface area contributed by atoms with Crippen LogP contribution in [0, 0.1) is 13.8 Å². The summed E-state index contributed by atoms with van der Waals surface area (Å²) in [6, 6.07) is 5.82. The molecule has 0 radical (unpaired) electrons. The van der Waals surface area contributed by atoms with Gasteiger partial charge in [0.05, 0.1) is 0 Å². The lowest BCUT2D eigenvalue weighted by molar-refractivity contribution is 0.171. The average molecular weight is 285 g/mol. The number of rotatable bonds is 3. The van der Waals surface area contributed by atoms with Crippen molar-refractivity contribution in [2.24, 2.45) is 0 Å². The molecular formula is C16H19N3O2. The van der Waals surface area contributed by atoms with Gasteiger partial charge in [-0.1, -0.05) is 0 Å². The van der Waals surface area contributed by atoms with Crippen molar-refractivity contribution >= 4 is 5.82 Å². The fourth-order valence-corrected chi connectivity index (χ4v) is 2.28. The Morgan fingerprint density at radius 1 is 1.10 bits per heavy atom. The third kappa shape index (κ3) is 2.63. The minimum atomic E-state index is 0.576. The van der Waals surface area contributed by atoms with Crippen LogP contribution in [0.5, 0.6) is 11.5 Å². The largest absolute Gasteiger partial charge is 0.486 e. The highest BCUT2D eigenvalue weighted by Gasteiger charge is 2.15. The Balaban J connectivity index is 2.03. The van der Waals surface area contributed by atoms with Gasteiger partial charge in [-0.15, -0.1) is 0 Å². The van der Waals surface area contributed by atoms with Crippen molar-refractivity contribution in [2.75, 3.05) is 25.1 Å². The Labute approximate surface area is 124 Å². The van der Waals surface area contributed by atoms with E-state index in [0.29, 0.717) is 19.0 Å². The molecule has 21 heavy (non-hydrogen) atoms. The second-order valence-electron chi connectivity index (χ2n) is 4.99. The van der Waals surface area contributed by atoms with E-state index < -0.39 is 0 Å². The predicted octanol–water partition coefficient (Wildman–Crippen LogP) is 2.96. The quantitative estimate of drug-likeness (QED) is 0.939. The minimum absolute atomic E-state index is 0.576. The number of aryl methyl sites for hydroxylation is 1. The first-order valence-corrected chi connectivity index (χ1v) is 7.18. The van der Waals surface area contributed by atoms with Crippen LogP contribution in [0.2, 0.25) is 0 Å². The van der Waals surface area contributed by atoms with E-state index >= 15 is 0 Å². The third-order valence-electron chi connectivity index (χ3n) is 3.53. The Morgan fingerprint density at radius 2 is 1.86 bits per heavy atom. The smallest absolute Gasteiger partial charge is 0.162 e. The van der Waals surface area contributed by atoms with E-state index in [2.05, 4.69) is 22.2 Å². The number of benzene rings is 1. The number of hydrogen-bond acceptors (Lipinski definition) is 5. The van der Waals surface area contributed by atoms with E-state index in [1.165, 1.54) is 0 Å². The number of fused-ring (bicyclic) bond motifs is 1. The molecular weight excluding hydrogens is 266 g/mol. The highest BCUT2D eigenvalue weighted by Crippen LogP contribution is 2.34. The van der Waals surface area contributed by atoms with Crippen molar-refractivity contribution in [1.82, 2.24) is 9.97 Å². The number of anilines is 1. The van der Waals surface area contributed by atoms with Gasteiger partial charge in [-0.05, 0) is 39.0 Å². The highest BCUT2D eigenvalue weighted by molar-refractivity contribution is 5.64. The van der Waals surface area contributed by atoms with Crippen LogP contribution in [0.3, 0.4) is 0 Å². The first-order valence-electron chi connectivity index (χ1n) is 7.18.